The lowest BCUT2D eigenvalue weighted by molar-refractivity contribution is 0.145. The second kappa shape index (κ2) is 9.40. The highest BCUT2D eigenvalue weighted by atomic mass is 32.1. The van der Waals surface area contributed by atoms with Crippen molar-refractivity contribution < 1.29 is 14.3 Å². The minimum atomic E-state index is -0.437. The van der Waals surface area contributed by atoms with Gasteiger partial charge >= 0.3 is 6.03 Å². The Balaban J connectivity index is 1.43. The fourth-order valence-electron chi connectivity index (χ4n) is 3.65. The largest absolute Gasteiger partial charge is 0.393 e. The molecule has 0 saturated carbocycles. The summed E-state index contributed by atoms with van der Waals surface area (Å²) in [5.74, 6) is -0.360. The van der Waals surface area contributed by atoms with Crippen LogP contribution in [0.4, 0.5) is 20.0 Å². The van der Waals surface area contributed by atoms with Gasteiger partial charge in [0, 0.05) is 29.9 Å². The van der Waals surface area contributed by atoms with Gasteiger partial charge in [0.2, 0.25) is 5.13 Å². The first kappa shape index (κ1) is 21.2. The molecule has 1 aromatic heterocycles. The molecule has 2 amide bonds. The topological polar surface area (TPSA) is 90.4 Å². The highest BCUT2D eigenvalue weighted by Gasteiger charge is 2.23. The summed E-state index contributed by atoms with van der Waals surface area (Å²) in [5.41, 5.74) is 2.48. The second-order valence-electron chi connectivity index (χ2n) is 7.52. The average Bonchev–Trinajstić information content (AvgIpc) is 3.23. The van der Waals surface area contributed by atoms with Crippen LogP contribution in [0.1, 0.15) is 31.4 Å². The molecular weight excluding hydrogens is 417 g/mol. The molecule has 0 bridgehead atoms. The molecule has 1 unspecified atom stereocenters. The van der Waals surface area contributed by atoms with Crippen molar-refractivity contribution in [1.29, 1.82) is 0 Å². The minimum Gasteiger partial charge on any atom is -0.393 e. The van der Waals surface area contributed by atoms with E-state index < -0.39 is 12.1 Å². The van der Waals surface area contributed by atoms with Crippen LogP contribution >= 0.6 is 11.3 Å². The molecule has 2 aromatic carbocycles. The number of urea groups is 1. The summed E-state index contributed by atoms with van der Waals surface area (Å²) in [6.45, 7) is 3.18. The van der Waals surface area contributed by atoms with Gasteiger partial charge in [0.05, 0.1) is 12.1 Å². The van der Waals surface area contributed by atoms with E-state index in [2.05, 4.69) is 25.7 Å². The molecule has 31 heavy (non-hydrogen) atoms. The lowest BCUT2D eigenvalue weighted by Gasteiger charge is -2.34. The lowest BCUT2D eigenvalue weighted by Crippen LogP contribution is -2.37. The maximum atomic E-state index is 14.0. The zero-order valence-corrected chi connectivity index (χ0v) is 17.9. The van der Waals surface area contributed by atoms with E-state index >= 15 is 0 Å². The normalized spacial score (nSPS) is 15.5. The van der Waals surface area contributed by atoms with Gasteiger partial charge in [-0.05, 0) is 38.0 Å². The third kappa shape index (κ3) is 5.18. The number of hydrogen-bond donors (Lipinski definition) is 3. The average molecular weight is 442 g/mol. The van der Waals surface area contributed by atoms with Crippen LogP contribution < -0.4 is 15.5 Å². The van der Waals surface area contributed by atoms with Gasteiger partial charge < -0.3 is 15.3 Å². The van der Waals surface area contributed by atoms with Gasteiger partial charge in [-0.1, -0.05) is 41.7 Å². The number of amides is 2. The summed E-state index contributed by atoms with van der Waals surface area (Å²) in [7, 11) is 0. The summed E-state index contributed by atoms with van der Waals surface area (Å²) in [6.07, 6.45) is 1.04. The molecule has 0 radical (unpaired) electrons. The molecule has 7 nitrogen and oxygen atoms in total. The quantitative estimate of drug-likeness (QED) is 0.552. The van der Waals surface area contributed by atoms with Crippen LogP contribution in [0, 0.1) is 5.82 Å². The second-order valence-corrected chi connectivity index (χ2v) is 8.50. The Morgan fingerprint density at radius 3 is 2.68 bits per heavy atom. The van der Waals surface area contributed by atoms with E-state index in [1.54, 1.807) is 6.07 Å². The van der Waals surface area contributed by atoms with E-state index in [9.17, 15) is 14.3 Å². The van der Waals surface area contributed by atoms with Crippen LogP contribution in [0.5, 0.6) is 0 Å². The summed E-state index contributed by atoms with van der Waals surface area (Å²) < 4.78 is 14.0. The monoisotopic (exact) mass is 441 g/mol. The third-order valence-electron chi connectivity index (χ3n) is 5.28. The maximum Gasteiger partial charge on any atom is 0.321 e. The van der Waals surface area contributed by atoms with Crippen molar-refractivity contribution in [3.05, 3.63) is 59.9 Å². The van der Waals surface area contributed by atoms with Crippen LogP contribution in [-0.2, 0) is 0 Å². The molecule has 4 rings (SSSR count). The van der Waals surface area contributed by atoms with E-state index in [4.69, 9.17) is 0 Å². The number of piperidine rings is 1. The van der Waals surface area contributed by atoms with Crippen molar-refractivity contribution in [3.8, 4) is 10.6 Å². The maximum absolute atomic E-state index is 14.0. The number of aliphatic hydroxyl groups excluding tert-OH is 1. The first-order valence-corrected chi connectivity index (χ1v) is 11.0. The zero-order valence-electron chi connectivity index (χ0n) is 17.1. The highest BCUT2D eigenvalue weighted by Crippen LogP contribution is 2.30. The van der Waals surface area contributed by atoms with Gasteiger partial charge in [0.1, 0.15) is 10.8 Å². The fourth-order valence-corrected chi connectivity index (χ4v) is 4.39. The minimum absolute atomic E-state index is 0.297. The first-order chi connectivity index (χ1) is 15.0. The number of benzene rings is 2. The van der Waals surface area contributed by atoms with Gasteiger partial charge in [-0.2, -0.15) is 0 Å². The number of anilines is 2. The van der Waals surface area contributed by atoms with Crippen LogP contribution in [0.3, 0.4) is 0 Å². The van der Waals surface area contributed by atoms with E-state index in [0.29, 0.717) is 41.6 Å². The van der Waals surface area contributed by atoms with E-state index in [0.717, 1.165) is 11.3 Å². The number of hydrogen-bond acceptors (Lipinski definition) is 6. The number of aromatic nitrogens is 2. The van der Waals surface area contributed by atoms with Crippen molar-refractivity contribution in [2.24, 2.45) is 0 Å². The van der Waals surface area contributed by atoms with Crippen LogP contribution in [-0.4, -0.2) is 40.5 Å². The van der Waals surface area contributed by atoms with E-state index in [-0.39, 0.29) is 11.9 Å². The Hall–Kier alpha value is -3.04. The highest BCUT2D eigenvalue weighted by molar-refractivity contribution is 7.18. The Kier molecular flexibility index (Phi) is 6.43. The summed E-state index contributed by atoms with van der Waals surface area (Å²) in [4.78, 5) is 14.7. The van der Waals surface area contributed by atoms with Crippen molar-refractivity contribution in [3.63, 3.8) is 0 Å². The van der Waals surface area contributed by atoms with Crippen molar-refractivity contribution in [2.75, 3.05) is 23.3 Å². The number of aliphatic hydroxyl groups is 1. The standard InChI is InChI=1S/C22H24FN5O2S/c1-14(18-13-16(23)7-8-19(18)28-11-9-17(29)10-12-28)24-21(30)25-22-27-26-20(31-22)15-5-3-2-4-6-15/h2-8,13-14,17,29H,9-12H2,1H3,(H2,24,25,27,30). The molecular formula is C22H24FN5O2S. The fraction of sp³-hybridized carbons (Fsp3) is 0.318. The number of nitrogens with one attached hydrogen (secondary N) is 2. The lowest BCUT2D eigenvalue weighted by atomic mass is 10.0. The molecule has 1 saturated heterocycles. The summed E-state index contributed by atoms with van der Waals surface area (Å²) in [5, 5.41) is 24.6. The Labute approximate surface area is 183 Å². The number of carbonyl (C=O) groups excluding carboxylic acids is 1. The van der Waals surface area contributed by atoms with Crippen LogP contribution in [0.2, 0.25) is 0 Å². The molecule has 9 heteroatoms. The molecule has 1 atom stereocenters. The third-order valence-corrected chi connectivity index (χ3v) is 6.16. The van der Waals surface area contributed by atoms with Gasteiger partial charge in [0.25, 0.3) is 0 Å². The molecule has 0 aliphatic carbocycles. The molecule has 162 valence electrons. The number of rotatable bonds is 5. The van der Waals surface area contributed by atoms with E-state index in [1.165, 1.54) is 23.5 Å². The zero-order chi connectivity index (χ0) is 21.8. The van der Waals surface area contributed by atoms with E-state index in [1.807, 2.05) is 37.3 Å². The number of carbonyl (C=O) groups is 1. The number of halogens is 1. The molecule has 2 heterocycles. The van der Waals surface area contributed by atoms with Gasteiger partial charge in [0.15, 0.2) is 0 Å². The molecule has 3 aromatic rings. The molecule has 0 spiro atoms. The molecule has 3 N–H and O–H groups in total. The Morgan fingerprint density at radius 1 is 1.19 bits per heavy atom. The Morgan fingerprint density at radius 2 is 1.94 bits per heavy atom. The van der Waals surface area contributed by atoms with Crippen LogP contribution in [0.25, 0.3) is 10.6 Å². The van der Waals surface area contributed by atoms with Gasteiger partial charge in [-0.3, -0.25) is 5.32 Å². The molecule has 1 aliphatic rings. The predicted octanol–water partition coefficient (Wildman–Crippen LogP) is 4.19. The van der Waals surface area contributed by atoms with Gasteiger partial charge in [-0.25, -0.2) is 9.18 Å². The smallest absolute Gasteiger partial charge is 0.321 e. The summed E-state index contributed by atoms with van der Waals surface area (Å²) >= 11 is 1.28. The first-order valence-electron chi connectivity index (χ1n) is 10.2. The van der Waals surface area contributed by atoms with Crippen LogP contribution in [0.15, 0.2) is 48.5 Å². The number of nitrogens with zero attached hydrogens (tertiary/aromatic N) is 3. The van der Waals surface area contributed by atoms with Gasteiger partial charge in [-0.15, -0.1) is 10.2 Å². The van der Waals surface area contributed by atoms with Crippen molar-refractivity contribution in [1.82, 2.24) is 15.5 Å². The van der Waals surface area contributed by atoms with Crippen molar-refractivity contribution >= 4 is 28.2 Å². The summed E-state index contributed by atoms with van der Waals surface area (Å²) in [6, 6.07) is 13.3. The molecule has 1 fully saturated rings. The Bertz CT molecular complexity index is 1040. The SMILES string of the molecule is CC(NC(=O)Nc1nnc(-c2ccccc2)s1)c1cc(F)ccc1N1CCC(O)CC1. The predicted molar refractivity (Wildman–Crippen MR) is 120 cm³/mol. The molecule has 1 aliphatic heterocycles. The van der Waals surface area contributed by atoms with Crippen molar-refractivity contribution in [2.45, 2.75) is 31.9 Å².